The molecule has 4 rings (SSSR count). The number of hydrogen-bond acceptors (Lipinski definition) is 4. The summed E-state index contributed by atoms with van der Waals surface area (Å²) in [6, 6.07) is 11.3. The molecule has 3 heterocycles. The van der Waals surface area contributed by atoms with E-state index in [-0.39, 0.29) is 23.1 Å². The molecule has 2 aromatic rings. The fraction of sp³-hybridized carbons (Fsp3) is 0.500. The maximum atomic E-state index is 13.2. The lowest BCUT2D eigenvalue weighted by molar-refractivity contribution is 0.0695. The topological polar surface area (TPSA) is 61.7 Å². The molecule has 2 saturated heterocycles. The monoisotopic (exact) mass is 395 g/mol. The van der Waals surface area contributed by atoms with Crippen molar-refractivity contribution in [1.82, 2.24) is 24.5 Å². The van der Waals surface area contributed by atoms with E-state index >= 15 is 0 Å². The van der Waals surface area contributed by atoms with Gasteiger partial charge in [-0.1, -0.05) is 18.2 Å². The van der Waals surface area contributed by atoms with Crippen LogP contribution in [0.15, 0.2) is 42.6 Å². The van der Waals surface area contributed by atoms with E-state index in [1.807, 2.05) is 47.1 Å². The first-order valence-electron chi connectivity index (χ1n) is 10.2. The summed E-state index contributed by atoms with van der Waals surface area (Å²) in [7, 11) is 4.12. The molecule has 2 aliphatic heterocycles. The Balaban J connectivity index is 1.55. The van der Waals surface area contributed by atoms with Crippen molar-refractivity contribution in [2.45, 2.75) is 13.5 Å². The van der Waals surface area contributed by atoms with E-state index in [4.69, 9.17) is 0 Å². The van der Waals surface area contributed by atoms with Crippen LogP contribution in [0.5, 0.6) is 0 Å². The van der Waals surface area contributed by atoms with Crippen molar-refractivity contribution in [2.24, 2.45) is 11.3 Å². The Morgan fingerprint density at radius 1 is 1.07 bits per heavy atom. The molecule has 0 bridgehead atoms. The normalized spacial score (nSPS) is 23.7. The molecule has 0 aliphatic carbocycles. The molecule has 2 amide bonds. The SMILES string of the molecule is CCn1nccc1C(=O)N1C[C@H]2CN(C(=O)c3ccccc3)C[C@@]2(CN(C)C)C1. The van der Waals surface area contributed by atoms with Crippen LogP contribution in [0.25, 0.3) is 0 Å². The van der Waals surface area contributed by atoms with Gasteiger partial charge >= 0.3 is 0 Å². The molecule has 2 fully saturated rings. The van der Waals surface area contributed by atoms with E-state index in [1.54, 1.807) is 16.9 Å². The van der Waals surface area contributed by atoms with Gasteiger partial charge in [-0.05, 0) is 39.2 Å². The van der Waals surface area contributed by atoms with Crippen molar-refractivity contribution in [3.8, 4) is 0 Å². The number of nitrogens with zero attached hydrogens (tertiary/aromatic N) is 5. The summed E-state index contributed by atoms with van der Waals surface area (Å²) in [4.78, 5) is 32.3. The first-order chi connectivity index (χ1) is 13.9. The highest BCUT2D eigenvalue weighted by molar-refractivity contribution is 5.95. The van der Waals surface area contributed by atoms with E-state index < -0.39 is 0 Å². The molecular weight excluding hydrogens is 366 g/mol. The van der Waals surface area contributed by atoms with Crippen LogP contribution in [0, 0.1) is 11.3 Å². The van der Waals surface area contributed by atoms with E-state index in [9.17, 15) is 9.59 Å². The zero-order valence-electron chi connectivity index (χ0n) is 17.4. The maximum Gasteiger partial charge on any atom is 0.272 e. The van der Waals surface area contributed by atoms with Gasteiger partial charge in [0, 0.05) is 62.4 Å². The van der Waals surface area contributed by atoms with Gasteiger partial charge in [0.25, 0.3) is 11.8 Å². The number of aromatic nitrogens is 2. The lowest BCUT2D eigenvalue weighted by atomic mass is 9.80. The Kier molecular flexibility index (Phi) is 5.17. The zero-order chi connectivity index (χ0) is 20.6. The number of benzene rings is 1. The number of carbonyl (C=O) groups excluding carboxylic acids is 2. The van der Waals surface area contributed by atoms with Gasteiger partial charge in [0.2, 0.25) is 0 Å². The number of amides is 2. The van der Waals surface area contributed by atoms with Gasteiger partial charge in [-0.25, -0.2) is 0 Å². The average Bonchev–Trinajstić information content (AvgIpc) is 3.39. The second-order valence-electron chi connectivity index (χ2n) is 8.57. The van der Waals surface area contributed by atoms with Crippen molar-refractivity contribution in [3.05, 3.63) is 53.9 Å². The fourth-order valence-corrected chi connectivity index (χ4v) is 5.03. The minimum absolute atomic E-state index is 0.0396. The predicted molar refractivity (Wildman–Crippen MR) is 111 cm³/mol. The smallest absolute Gasteiger partial charge is 0.272 e. The average molecular weight is 396 g/mol. The molecule has 2 aliphatic rings. The Morgan fingerprint density at radius 2 is 1.72 bits per heavy atom. The number of hydrogen-bond donors (Lipinski definition) is 0. The molecule has 0 N–H and O–H groups in total. The molecular formula is C22H29N5O2. The highest BCUT2D eigenvalue weighted by Crippen LogP contribution is 2.43. The quantitative estimate of drug-likeness (QED) is 0.773. The van der Waals surface area contributed by atoms with Gasteiger partial charge in [-0.3, -0.25) is 14.3 Å². The second kappa shape index (κ2) is 7.63. The molecule has 0 spiro atoms. The Morgan fingerprint density at radius 3 is 2.34 bits per heavy atom. The molecule has 0 unspecified atom stereocenters. The fourth-order valence-electron chi connectivity index (χ4n) is 5.03. The molecule has 7 heteroatoms. The van der Waals surface area contributed by atoms with Crippen LogP contribution in [-0.2, 0) is 6.54 Å². The molecule has 1 aromatic carbocycles. The minimum Gasteiger partial charge on any atom is -0.338 e. The van der Waals surface area contributed by atoms with Gasteiger partial charge in [-0.15, -0.1) is 0 Å². The number of carbonyl (C=O) groups is 2. The first-order valence-corrected chi connectivity index (χ1v) is 10.2. The molecule has 1 aromatic heterocycles. The summed E-state index contributed by atoms with van der Waals surface area (Å²) in [6.45, 7) is 6.24. The lowest BCUT2D eigenvalue weighted by Gasteiger charge is -2.32. The van der Waals surface area contributed by atoms with E-state index in [2.05, 4.69) is 24.1 Å². The summed E-state index contributed by atoms with van der Waals surface area (Å²) in [5, 5.41) is 4.24. The minimum atomic E-state index is -0.0966. The van der Waals surface area contributed by atoms with Crippen molar-refractivity contribution in [3.63, 3.8) is 0 Å². The number of rotatable bonds is 5. The van der Waals surface area contributed by atoms with Crippen molar-refractivity contribution >= 4 is 11.8 Å². The largest absolute Gasteiger partial charge is 0.338 e. The third-order valence-electron chi connectivity index (χ3n) is 6.22. The molecule has 29 heavy (non-hydrogen) atoms. The van der Waals surface area contributed by atoms with Gasteiger partial charge in [0.1, 0.15) is 5.69 Å². The number of likely N-dealkylation sites (tertiary alicyclic amines) is 2. The van der Waals surface area contributed by atoms with Crippen LogP contribution in [0.1, 0.15) is 27.8 Å². The Labute approximate surface area is 171 Å². The predicted octanol–water partition coefficient (Wildman–Crippen LogP) is 1.68. The van der Waals surface area contributed by atoms with E-state index in [0.29, 0.717) is 38.4 Å². The highest BCUT2D eigenvalue weighted by Gasteiger charge is 2.54. The molecule has 7 nitrogen and oxygen atoms in total. The molecule has 0 saturated carbocycles. The third-order valence-corrected chi connectivity index (χ3v) is 6.22. The van der Waals surface area contributed by atoms with Crippen LogP contribution in [0.4, 0.5) is 0 Å². The standard InChI is InChI=1S/C22H29N5O2/c1-4-27-19(10-11-23-27)21(29)26-13-18-12-25(15-22(18,16-26)14-24(2)3)20(28)17-8-6-5-7-9-17/h5-11,18H,4,12-16H2,1-3H3/t18-,22+/m1/s1. The van der Waals surface area contributed by atoms with E-state index in [1.165, 1.54) is 0 Å². The number of aryl methyl sites for hydroxylation is 1. The second-order valence-corrected chi connectivity index (χ2v) is 8.57. The maximum absolute atomic E-state index is 13.2. The van der Waals surface area contributed by atoms with Crippen molar-refractivity contribution < 1.29 is 9.59 Å². The van der Waals surface area contributed by atoms with Gasteiger partial charge < -0.3 is 14.7 Å². The van der Waals surface area contributed by atoms with Crippen LogP contribution in [-0.4, -0.2) is 83.1 Å². The molecule has 0 radical (unpaired) electrons. The zero-order valence-corrected chi connectivity index (χ0v) is 17.4. The summed E-state index contributed by atoms with van der Waals surface area (Å²) in [6.07, 6.45) is 1.68. The van der Waals surface area contributed by atoms with Gasteiger partial charge in [0.15, 0.2) is 0 Å². The third kappa shape index (κ3) is 3.55. The van der Waals surface area contributed by atoms with Crippen molar-refractivity contribution in [2.75, 3.05) is 46.8 Å². The van der Waals surface area contributed by atoms with Crippen molar-refractivity contribution in [1.29, 1.82) is 0 Å². The van der Waals surface area contributed by atoms with Gasteiger partial charge in [-0.2, -0.15) is 5.10 Å². The van der Waals surface area contributed by atoms with Crippen LogP contribution in [0.2, 0.25) is 0 Å². The lowest BCUT2D eigenvalue weighted by Crippen LogP contribution is -2.44. The van der Waals surface area contributed by atoms with Crippen LogP contribution >= 0.6 is 0 Å². The first kappa shape index (κ1) is 19.6. The van der Waals surface area contributed by atoms with E-state index in [0.717, 1.165) is 12.1 Å². The number of fused-ring (bicyclic) bond motifs is 1. The molecule has 2 atom stereocenters. The summed E-state index contributed by atoms with van der Waals surface area (Å²) < 4.78 is 1.75. The Bertz CT molecular complexity index is 894. The van der Waals surface area contributed by atoms with Gasteiger partial charge in [0.05, 0.1) is 0 Å². The highest BCUT2D eigenvalue weighted by atomic mass is 16.2. The summed E-state index contributed by atoms with van der Waals surface area (Å²) in [5.74, 6) is 0.400. The summed E-state index contributed by atoms with van der Waals surface area (Å²) >= 11 is 0. The summed E-state index contributed by atoms with van der Waals surface area (Å²) in [5.41, 5.74) is 1.28. The van der Waals surface area contributed by atoms with Crippen LogP contribution in [0.3, 0.4) is 0 Å². The van der Waals surface area contributed by atoms with Crippen LogP contribution < -0.4 is 0 Å². The molecule has 154 valence electrons. The Hall–Kier alpha value is -2.67.